The number of phenolic OH excluding ortho intramolecular Hbond substituents is 1. The number of hydrogen-bond donors (Lipinski definition) is 6. The lowest BCUT2D eigenvalue weighted by atomic mass is 9.78. The van der Waals surface area contributed by atoms with Crippen LogP contribution < -0.4 is 30.7 Å². The molecule has 0 unspecified atom stereocenters. The number of aliphatic imine (C=N–C) groups is 1. The molecule has 1 spiro atoms. The summed E-state index contributed by atoms with van der Waals surface area (Å²) < 4.78 is 40.7. The second-order valence-corrected chi connectivity index (χ2v) is 22.4. The van der Waals surface area contributed by atoms with E-state index in [4.69, 9.17) is 38.2 Å². The number of ether oxygens (including phenoxy) is 7. The fourth-order valence-corrected chi connectivity index (χ4v) is 11.1. The molecule has 444 valence electrons. The zero-order chi connectivity index (χ0) is 60.0. The van der Waals surface area contributed by atoms with Gasteiger partial charge < -0.3 is 69.5 Å². The van der Waals surface area contributed by atoms with Crippen LogP contribution in [0, 0.1) is 36.5 Å². The van der Waals surface area contributed by atoms with Crippen LogP contribution in [0.5, 0.6) is 17.2 Å². The van der Waals surface area contributed by atoms with E-state index in [9.17, 15) is 43.8 Å². The molecule has 0 aromatic heterocycles. The predicted molar refractivity (Wildman–Crippen MR) is 299 cm³/mol. The molecule has 0 saturated carbocycles. The van der Waals surface area contributed by atoms with E-state index in [2.05, 4.69) is 40.0 Å². The molecule has 2 amide bonds. The van der Waals surface area contributed by atoms with Gasteiger partial charge in [-0.05, 0) is 43.5 Å². The molecular weight excluding hydrogens is 1060 g/mol. The highest BCUT2D eigenvalue weighted by Crippen LogP contribution is 2.50. The van der Waals surface area contributed by atoms with E-state index >= 15 is 0 Å². The Morgan fingerprint density at radius 2 is 1.57 bits per heavy atom. The van der Waals surface area contributed by atoms with Gasteiger partial charge in [-0.25, -0.2) is 4.79 Å². The maximum Gasteiger partial charge on any atom is 0.407 e. The van der Waals surface area contributed by atoms with Gasteiger partial charge in [0.25, 0.3) is 11.7 Å². The van der Waals surface area contributed by atoms with Crippen LogP contribution in [0.3, 0.4) is 0 Å². The average molecular weight is 1140 g/mol. The van der Waals surface area contributed by atoms with Crippen molar-refractivity contribution < 1.29 is 76.9 Å². The summed E-state index contributed by atoms with van der Waals surface area (Å²) in [5.41, 5.74) is 0.0334. The first-order valence-electron chi connectivity index (χ1n) is 27.8. The number of allylic oxidation sites excluding steroid dienone is 4. The minimum atomic E-state index is -2.04. The van der Waals surface area contributed by atoms with Gasteiger partial charge in [0.2, 0.25) is 5.78 Å². The van der Waals surface area contributed by atoms with Gasteiger partial charge in [-0.2, -0.15) is 0 Å². The van der Waals surface area contributed by atoms with E-state index in [1.807, 2.05) is 0 Å². The molecular formula is C60H78N6O16. The molecule has 8 rings (SSSR count). The first-order valence-corrected chi connectivity index (χ1v) is 27.8. The number of benzene rings is 2. The number of rotatable bonds is 13. The quantitative estimate of drug-likeness (QED) is 0.0615. The molecule has 82 heavy (non-hydrogen) atoms. The van der Waals surface area contributed by atoms with Crippen molar-refractivity contribution in [2.24, 2.45) is 34.6 Å². The van der Waals surface area contributed by atoms with Crippen LogP contribution in [0.1, 0.15) is 119 Å². The number of carbonyl (C=O) groups is 7. The van der Waals surface area contributed by atoms with E-state index in [-0.39, 0.29) is 76.9 Å². The van der Waals surface area contributed by atoms with Gasteiger partial charge in [-0.3, -0.25) is 33.8 Å². The van der Waals surface area contributed by atoms with E-state index in [1.165, 1.54) is 53.2 Å². The van der Waals surface area contributed by atoms with Gasteiger partial charge in [0.1, 0.15) is 47.4 Å². The molecule has 5 heterocycles. The Hall–Kier alpha value is -7.40. The third kappa shape index (κ3) is 13.9. The van der Waals surface area contributed by atoms with Gasteiger partial charge in [0.05, 0.1) is 47.6 Å². The van der Waals surface area contributed by atoms with Gasteiger partial charge in [0, 0.05) is 114 Å². The van der Waals surface area contributed by atoms with Gasteiger partial charge in [0.15, 0.2) is 0 Å². The number of aliphatic hydroxyl groups excluding tert-OH is 1. The number of piperidine rings is 1. The summed E-state index contributed by atoms with van der Waals surface area (Å²) in [6.45, 7) is 20.4. The second kappa shape index (κ2) is 26.2. The predicted octanol–water partition coefficient (Wildman–Crippen LogP) is 5.61. The molecule has 1 aliphatic carbocycles. The van der Waals surface area contributed by atoms with Crippen molar-refractivity contribution in [2.75, 3.05) is 46.4 Å². The Morgan fingerprint density at radius 3 is 2.22 bits per heavy atom. The zero-order valence-corrected chi connectivity index (χ0v) is 48.8. The molecule has 2 aromatic carbocycles. The van der Waals surface area contributed by atoms with E-state index in [0.29, 0.717) is 43.2 Å². The lowest BCUT2D eigenvalue weighted by Gasteiger charge is -2.39. The number of Topliss-reactive ketones (excluding diaryl/α,β-unsaturated/α-hetero) is 2. The number of ketones is 2. The number of aliphatic hydroxyl groups is 1. The van der Waals surface area contributed by atoms with Crippen LogP contribution in [0.15, 0.2) is 76.8 Å². The van der Waals surface area contributed by atoms with Crippen LogP contribution in [0.2, 0.25) is 0 Å². The smallest absolute Gasteiger partial charge is 0.407 e. The fraction of sp³-hybridized carbons (Fsp3) is 0.533. The molecule has 5 bridgehead atoms. The minimum Gasteiger partial charge on any atom is -0.507 e. The maximum atomic E-state index is 15.0. The number of alkyl carbamates (subject to hydrolysis) is 1. The summed E-state index contributed by atoms with van der Waals surface area (Å²) in [6, 6.07) is 6.47. The van der Waals surface area contributed by atoms with Crippen LogP contribution in [-0.2, 0) is 49.5 Å². The third-order valence-electron chi connectivity index (χ3n) is 15.6. The number of carbonyl (C=O) groups excluding carboxylic acids is 7. The number of fused-ring (bicyclic) bond motifs is 13. The lowest BCUT2D eigenvalue weighted by molar-refractivity contribution is -0.165. The van der Waals surface area contributed by atoms with Crippen molar-refractivity contribution >= 4 is 47.2 Å². The van der Waals surface area contributed by atoms with Crippen LogP contribution >= 0.6 is 0 Å². The maximum absolute atomic E-state index is 15.0. The highest BCUT2D eigenvalue weighted by molar-refractivity contribution is 6.34. The van der Waals surface area contributed by atoms with Crippen molar-refractivity contribution in [2.45, 2.75) is 131 Å². The van der Waals surface area contributed by atoms with Gasteiger partial charge >= 0.3 is 29.8 Å². The number of nitrogens with zero attached hydrogens (tertiary/aromatic N) is 2. The highest BCUT2D eigenvalue weighted by Gasteiger charge is 2.54. The number of phenols is 1. The monoisotopic (exact) mass is 1140 g/mol. The number of likely N-dealkylation sites (tertiary alicyclic amines) is 1. The molecule has 22 nitrogen and oxygen atoms in total. The highest BCUT2D eigenvalue weighted by atomic mass is 16.7. The van der Waals surface area contributed by atoms with Crippen molar-refractivity contribution in [1.29, 1.82) is 0 Å². The summed E-state index contributed by atoms with van der Waals surface area (Å²) in [7, 11) is 1.44. The molecule has 5 aliphatic heterocycles. The van der Waals surface area contributed by atoms with E-state index < -0.39 is 107 Å². The molecule has 9 atom stereocenters. The number of hydrogen-bond acceptors (Lipinski definition) is 20. The zero-order valence-electron chi connectivity index (χ0n) is 48.8. The Bertz CT molecular complexity index is 2960. The minimum absolute atomic E-state index is 0.00585. The first-order chi connectivity index (χ1) is 38.8. The topological polar surface area (TPSA) is 288 Å². The fourth-order valence-electron chi connectivity index (χ4n) is 11.1. The molecule has 6 aliphatic rings. The Balaban J connectivity index is 1.17. The number of methoxy groups -OCH3 is 1. The normalized spacial score (nSPS) is 27.9. The number of esters is 3. The van der Waals surface area contributed by atoms with Crippen molar-refractivity contribution in [3.05, 3.63) is 99.6 Å². The van der Waals surface area contributed by atoms with Crippen LogP contribution in [-0.4, -0.2) is 145 Å². The SMILES string of the molecule is CO[C@H]1/C=C/O[C@@]2(C)Oc3c(C)c(O)c4c(c3C2=O)C2=NC3(CCN(CC(C)C)CC3)NC2=C(NC(=O)/C(C)=C\C=C\[C@H](C)[C@H](OC(=O)CNCCNC(=O)OCc2ccc(OC(C)=O)cc2)[C@@H](C)[C@@H](O)[C@@H](C)[C@H](OC(C)=O)[C@@H]1C)C4=O. The van der Waals surface area contributed by atoms with Gasteiger partial charge in [-0.15, -0.1) is 0 Å². The van der Waals surface area contributed by atoms with Gasteiger partial charge in [-0.1, -0.05) is 71.9 Å². The standard InChI is InChI=1S/C60H78N6O16/c1-31(2)29-66-25-21-60(22-26-66)64-47-44-45-51(71)37(8)55-46(44)56(73)59(11,82-55)78-27-20-42(76-12)34(5)54(80-39(10)68)36(7)50(70)35(6)53(32(3)14-13-15-33(4)57(74)63-49(52(45)72)48(47)65-60)81-43(69)28-61-23-24-62-58(75)77-30-40-16-18-41(19-17-40)79-38(9)67/h13-20,27,31-32,34-36,42,50,53-54,61,65,70-71H,21-26,28-30H2,1-12H3,(H,62,75)(H,63,74)/b14-13+,27-20+,33-15-/t32-,34+,35-,36+,42-,50+,53-,54+,59-/m0/s1. The Labute approximate surface area is 478 Å². The Morgan fingerprint density at radius 1 is 0.890 bits per heavy atom. The van der Waals surface area contributed by atoms with E-state index in [1.54, 1.807) is 71.0 Å². The molecule has 0 radical (unpaired) electrons. The molecule has 1 saturated heterocycles. The van der Waals surface area contributed by atoms with Crippen molar-refractivity contribution in [3.63, 3.8) is 0 Å². The summed E-state index contributed by atoms with van der Waals surface area (Å²) in [5.74, 6) is -8.51. The van der Waals surface area contributed by atoms with E-state index in [0.717, 1.165) is 6.54 Å². The summed E-state index contributed by atoms with van der Waals surface area (Å²) in [5, 5.41) is 36.1. The molecule has 6 N–H and O–H groups in total. The summed E-state index contributed by atoms with van der Waals surface area (Å²) >= 11 is 0. The van der Waals surface area contributed by atoms with Crippen molar-refractivity contribution in [1.82, 2.24) is 26.2 Å². The number of amides is 2. The largest absolute Gasteiger partial charge is 0.507 e. The third-order valence-corrected chi connectivity index (χ3v) is 15.6. The summed E-state index contributed by atoms with van der Waals surface area (Å²) in [6.07, 6.45) is 3.77. The summed E-state index contributed by atoms with van der Waals surface area (Å²) in [4.78, 5) is 102. The second-order valence-electron chi connectivity index (χ2n) is 22.4. The van der Waals surface area contributed by atoms with Crippen LogP contribution in [0.4, 0.5) is 4.79 Å². The van der Waals surface area contributed by atoms with Crippen LogP contribution in [0.25, 0.3) is 0 Å². The lowest BCUT2D eigenvalue weighted by Crippen LogP contribution is -2.50. The first kappa shape index (κ1) is 62.2. The number of nitrogens with one attached hydrogen (secondary N) is 4. The number of aromatic hydroxyl groups is 1. The van der Waals surface area contributed by atoms with Crippen molar-refractivity contribution in [3.8, 4) is 17.2 Å². The molecule has 2 aromatic rings. The molecule has 22 heteroatoms. The average Bonchev–Trinajstić information content (AvgIpc) is 3.63. The Kier molecular flexibility index (Phi) is 19.9. The molecule has 1 fully saturated rings.